The van der Waals surface area contributed by atoms with Gasteiger partial charge >= 0.3 is 0 Å². The molecule has 2 aliphatic carbocycles. The lowest BCUT2D eigenvalue weighted by Gasteiger charge is -2.24. The summed E-state index contributed by atoms with van der Waals surface area (Å²) in [5, 5.41) is 11.6. The Morgan fingerprint density at radius 3 is 1.98 bits per heavy atom. The highest BCUT2D eigenvalue weighted by Gasteiger charge is 2.41. The number of hydrogen-bond acceptors (Lipinski definition) is 1. The Morgan fingerprint density at radius 2 is 1.10 bits per heavy atom. The molecule has 14 rings (SSSR count). The molecule has 12 aromatic rings. The van der Waals surface area contributed by atoms with E-state index in [1.54, 1.807) is 0 Å². The van der Waals surface area contributed by atoms with Crippen molar-refractivity contribution in [3.05, 3.63) is 203 Å². The van der Waals surface area contributed by atoms with Gasteiger partial charge in [-0.1, -0.05) is 172 Å². The van der Waals surface area contributed by atoms with E-state index in [0.717, 1.165) is 11.2 Å². The van der Waals surface area contributed by atoms with Crippen molar-refractivity contribution in [1.82, 2.24) is 9.38 Å². The van der Waals surface area contributed by atoms with Gasteiger partial charge in [0, 0.05) is 37.7 Å². The first-order chi connectivity index (χ1) is 29.5. The van der Waals surface area contributed by atoms with E-state index in [-0.39, 0.29) is 11.3 Å². The molecule has 0 saturated carbocycles. The van der Waals surface area contributed by atoms with Gasteiger partial charge in [0.25, 0.3) is 0 Å². The lowest BCUT2D eigenvalue weighted by Crippen LogP contribution is -2.14. The van der Waals surface area contributed by atoms with Gasteiger partial charge in [-0.3, -0.25) is 4.98 Å². The van der Waals surface area contributed by atoms with Gasteiger partial charge in [-0.05, 0) is 96.4 Å². The second-order valence-corrected chi connectivity index (χ2v) is 17.7. The van der Waals surface area contributed by atoms with Crippen LogP contribution in [0.2, 0.25) is 0 Å². The zero-order valence-electron chi connectivity index (χ0n) is 33.6. The van der Waals surface area contributed by atoms with Crippen LogP contribution in [0.15, 0.2) is 170 Å². The molecule has 60 heavy (non-hydrogen) atoms. The van der Waals surface area contributed by atoms with Crippen LogP contribution in [0.4, 0.5) is 0 Å². The molecule has 280 valence electrons. The molecule has 0 saturated heterocycles. The van der Waals surface area contributed by atoms with Gasteiger partial charge in [0.15, 0.2) is 0 Å². The van der Waals surface area contributed by atoms with E-state index in [0.29, 0.717) is 0 Å². The van der Waals surface area contributed by atoms with E-state index in [4.69, 9.17) is 4.98 Å². The summed E-state index contributed by atoms with van der Waals surface area (Å²) in [6, 6.07) is 63.7. The third-order valence-electron chi connectivity index (χ3n) is 14.5. The van der Waals surface area contributed by atoms with Crippen LogP contribution in [0.5, 0.6) is 0 Å². The number of hydrogen-bond donors (Lipinski definition) is 0. The zero-order chi connectivity index (χ0) is 39.6. The molecule has 2 nitrogen and oxygen atoms in total. The van der Waals surface area contributed by atoms with Gasteiger partial charge in [-0.25, -0.2) is 0 Å². The molecule has 0 spiro atoms. The summed E-state index contributed by atoms with van der Waals surface area (Å²) in [6.45, 7) is 7.12. The minimum Gasteiger partial charge on any atom is -0.307 e. The smallest absolute Gasteiger partial charge is 0.0712 e. The van der Waals surface area contributed by atoms with Crippen molar-refractivity contribution in [2.45, 2.75) is 32.1 Å². The number of nitrogens with zero attached hydrogens (tertiary/aromatic N) is 2. The van der Waals surface area contributed by atoms with Crippen LogP contribution in [-0.4, -0.2) is 9.38 Å². The van der Waals surface area contributed by atoms with Gasteiger partial charge in [0.1, 0.15) is 0 Å². The van der Waals surface area contributed by atoms with Crippen molar-refractivity contribution in [3.8, 4) is 33.4 Å². The normalized spacial score (nSPS) is 15.2. The van der Waals surface area contributed by atoms with Crippen molar-refractivity contribution in [3.63, 3.8) is 0 Å². The van der Waals surface area contributed by atoms with Crippen LogP contribution < -0.4 is 0 Å². The Morgan fingerprint density at radius 1 is 0.467 bits per heavy atom. The average molecular weight is 763 g/mol. The standard InChI is InChI=1S/C58H38N2/c1-32-48(41-24-15-27-45-49(41)39-21-8-11-26-44(39)58(45,2)3)40-22-9-12-28-46(40)59-55(32)52-42-31-30-33-16-4-5-17-34(33)50(42)51-36-19-6-7-20-38(36)57-53(54(51)52)43-25-14-23-37-35-18-10-13-29-47(35)60(57)56(37)43/h4-31,52H,1-3H3. The Labute approximate surface area is 347 Å². The minimum atomic E-state index is -0.104. The first-order valence-corrected chi connectivity index (χ1v) is 21.3. The van der Waals surface area contributed by atoms with Gasteiger partial charge < -0.3 is 4.40 Å². The molecule has 1 unspecified atom stereocenters. The molecule has 0 bridgehead atoms. The van der Waals surface area contributed by atoms with Crippen LogP contribution >= 0.6 is 0 Å². The predicted octanol–water partition coefficient (Wildman–Crippen LogP) is 15.1. The molecule has 0 radical (unpaired) electrons. The predicted molar refractivity (Wildman–Crippen MR) is 252 cm³/mol. The van der Waals surface area contributed by atoms with Crippen LogP contribution in [0, 0.1) is 6.92 Å². The largest absolute Gasteiger partial charge is 0.307 e. The SMILES string of the molecule is Cc1c(C2c3ccc4ccccc4c3-c3c2c2c4cccc5c6ccccc6n(c54)c2c2ccccc32)nc2ccccc2c1-c1cccc2c1-c1ccccc1C2(C)C. The van der Waals surface area contributed by atoms with E-state index in [1.807, 2.05) is 0 Å². The van der Waals surface area contributed by atoms with Crippen LogP contribution in [0.25, 0.3) is 104 Å². The molecular weight excluding hydrogens is 725 g/mol. The quantitative estimate of drug-likeness (QED) is 0.171. The fourth-order valence-corrected chi connectivity index (χ4v) is 12.1. The molecule has 0 aliphatic heterocycles. The molecule has 0 N–H and O–H groups in total. The fourth-order valence-electron chi connectivity index (χ4n) is 12.1. The van der Waals surface area contributed by atoms with Gasteiger partial charge in [-0.2, -0.15) is 0 Å². The highest BCUT2D eigenvalue weighted by Crippen LogP contribution is 2.60. The molecule has 2 aliphatic rings. The van der Waals surface area contributed by atoms with Gasteiger partial charge in [-0.15, -0.1) is 0 Å². The topological polar surface area (TPSA) is 17.3 Å². The maximum Gasteiger partial charge on any atom is 0.0712 e. The Bertz CT molecular complexity index is 3880. The van der Waals surface area contributed by atoms with E-state index in [1.165, 1.54) is 126 Å². The van der Waals surface area contributed by atoms with Crippen molar-refractivity contribution >= 4 is 70.5 Å². The molecule has 9 aromatic carbocycles. The summed E-state index contributed by atoms with van der Waals surface area (Å²) < 4.78 is 2.58. The molecule has 1 atom stereocenters. The number of para-hydroxylation sites is 3. The van der Waals surface area contributed by atoms with Crippen LogP contribution in [0.1, 0.15) is 53.3 Å². The summed E-state index contributed by atoms with van der Waals surface area (Å²) in [4.78, 5) is 5.82. The Kier molecular flexibility index (Phi) is 6.12. The molecule has 3 aromatic heterocycles. The monoisotopic (exact) mass is 762 g/mol. The van der Waals surface area contributed by atoms with E-state index in [2.05, 4.69) is 195 Å². The van der Waals surface area contributed by atoms with E-state index >= 15 is 0 Å². The maximum absolute atomic E-state index is 5.82. The molecule has 0 amide bonds. The van der Waals surface area contributed by atoms with E-state index < -0.39 is 0 Å². The Balaban J connectivity index is 1.19. The Hall–Kier alpha value is -7.29. The lowest BCUT2D eigenvalue weighted by molar-refractivity contribution is 0.660. The lowest BCUT2D eigenvalue weighted by atomic mass is 9.80. The molecule has 0 fully saturated rings. The third-order valence-corrected chi connectivity index (χ3v) is 14.5. The summed E-state index contributed by atoms with van der Waals surface area (Å²) in [7, 11) is 0. The number of aromatic nitrogens is 2. The number of pyridine rings is 1. The zero-order valence-corrected chi connectivity index (χ0v) is 33.6. The first-order valence-electron chi connectivity index (χ1n) is 21.3. The molecular formula is C58H38N2. The average Bonchev–Trinajstić information content (AvgIpc) is 4.00. The summed E-state index contributed by atoms with van der Waals surface area (Å²) in [6.07, 6.45) is 0. The summed E-state index contributed by atoms with van der Waals surface area (Å²) in [5.74, 6) is -0.104. The maximum atomic E-state index is 5.82. The van der Waals surface area contributed by atoms with Crippen LogP contribution in [-0.2, 0) is 5.41 Å². The second kappa shape index (κ2) is 11.3. The number of rotatable bonds is 2. The van der Waals surface area contributed by atoms with Gasteiger partial charge in [0.05, 0.1) is 33.7 Å². The number of benzene rings is 9. The fraction of sp³-hybridized carbons (Fsp3) is 0.0862. The van der Waals surface area contributed by atoms with Crippen molar-refractivity contribution in [1.29, 1.82) is 0 Å². The minimum absolute atomic E-state index is 0.102. The third kappa shape index (κ3) is 3.84. The summed E-state index contributed by atoms with van der Waals surface area (Å²) >= 11 is 0. The second-order valence-electron chi connectivity index (χ2n) is 17.7. The van der Waals surface area contributed by atoms with Crippen LogP contribution in [0.3, 0.4) is 0 Å². The van der Waals surface area contributed by atoms with E-state index in [9.17, 15) is 0 Å². The highest BCUT2D eigenvalue weighted by atomic mass is 14.9. The van der Waals surface area contributed by atoms with Crippen molar-refractivity contribution in [2.75, 3.05) is 0 Å². The highest BCUT2D eigenvalue weighted by molar-refractivity contribution is 6.31. The molecule has 3 heterocycles. The summed E-state index contributed by atoms with van der Waals surface area (Å²) in [5.41, 5.74) is 20.6. The first kappa shape index (κ1) is 32.6. The number of fused-ring (bicyclic) bond motifs is 19. The van der Waals surface area contributed by atoms with Crippen molar-refractivity contribution in [2.24, 2.45) is 0 Å². The van der Waals surface area contributed by atoms with Crippen molar-refractivity contribution < 1.29 is 0 Å². The molecule has 2 heteroatoms. The van der Waals surface area contributed by atoms with Gasteiger partial charge in [0.2, 0.25) is 0 Å².